The maximum absolute atomic E-state index is 11.7. The highest BCUT2D eigenvalue weighted by molar-refractivity contribution is 9.10. The Morgan fingerprint density at radius 1 is 1.57 bits per heavy atom. The molecule has 2 rings (SSSR count). The van der Waals surface area contributed by atoms with Gasteiger partial charge in [0.1, 0.15) is 0 Å². The van der Waals surface area contributed by atoms with Crippen molar-refractivity contribution in [3.8, 4) is 0 Å². The zero-order chi connectivity index (χ0) is 10.2. The largest absolute Gasteiger partial charge is 0.341 e. The van der Waals surface area contributed by atoms with Gasteiger partial charge in [-0.3, -0.25) is 4.79 Å². The molecule has 1 unspecified atom stereocenters. The molecule has 1 aliphatic heterocycles. The SMILES string of the molecule is CCCC1(CN2CCC(Br)C2=O)CC1. The van der Waals surface area contributed by atoms with Gasteiger partial charge in [0.05, 0.1) is 4.83 Å². The summed E-state index contributed by atoms with van der Waals surface area (Å²) in [6.07, 6.45) is 6.19. The Balaban J connectivity index is 1.89. The summed E-state index contributed by atoms with van der Waals surface area (Å²) in [6, 6.07) is 0. The number of hydrogen-bond donors (Lipinski definition) is 0. The van der Waals surface area contributed by atoms with Crippen LogP contribution in [0.2, 0.25) is 0 Å². The molecule has 0 aromatic rings. The molecule has 1 heterocycles. The molecule has 3 heteroatoms. The Morgan fingerprint density at radius 2 is 2.29 bits per heavy atom. The van der Waals surface area contributed by atoms with Crippen molar-refractivity contribution in [1.29, 1.82) is 0 Å². The number of carbonyl (C=O) groups is 1. The van der Waals surface area contributed by atoms with E-state index in [-0.39, 0.29) is 4.83 Å². The number of rotatable bonds is 4. The third-order valence-corrected chi connectivity index (χ3v) is 4.35. The van der Waals surface area contributed by atoms with Crippen LogP contribution in [0.3, 0.4) is 0 Å². The van der Waals surface area contributed by atoms with Crippen LogP contribution < -0.4 is 0 Å². The predicted octanol–water partition coefficient (Wildman–Crippen LogP) is 2.56. The normalized spacial score (nSPS) is 29.7. The van der Waals surface area contributed by atoms with Crippen LogP contribution in [0.5, 0.6) is 0 Å². The van der Waals surface area contributed by atoms with Crippen molar-refractivity contribution in [2.45, 2.75) is 43.9 Å². The summed E-state index contributed by atoms with van der Waals surface area (Å²) >= 11 is 3.42. The van der Waals surface area contributed by atoms with E-state index < -0.39 is 0 Å². The lowest BCUT2D eigenvalue weighted by molar-refractivity contribution is -0.127. The van der Waals surface area contributed by atoms with E-state index >= 15 is 0 Å². The molecule has 0 aromatic heterocycles. The zero-order valence-electron chi connectivity index (χ0n) is 8.76. The summed E-state index contributed by atoms with van der Waals surface area (Å²) in [7, 11) is 0. The second-order valence-corrected chi connectivity index (χ2v) is 5.87. The van der Waals surface area contributed by atoms with Crippen LogP contribution in [0, 0.1) is 5.41 Å². The molecule has 2 aliphatic rings. The van der Waals surface area contributed by atoms with Crippen LogP contribution in [0.25, 0.3) is 0 Å². The highest BCUT2D eigenvalue weighted by Crippen LogP contribution is 2.50. The van der Waals surface area contributed by atoms with Gasteiger partial charge >= 0.3 is 0 Å². The molecule has 1 atom stereocenters. The maximum Gasteiger partial charge on any atom is 0.236 e. The second kappa shape index (κ2) is 3.84. The maximum atomic E-state index is 11.7. The Kier molecular flexibility index (Phi) is 2.87. The number of alkyl halides is 1. The molecule has 1 saturated heterocycles. The first-order valence-corrected chi connectivity index (χ1v) is 6.51. The van der Waals surface area contributed by atoms with Gasteiger partial charge in [-0.25, -0.2) is 0 Å². The van der Waals surface area contributed by atoms with Crippen LogP contribution >= 0.6 is 15.9 Å². The minimum atomic E-state index is 0.0972. The fraction of sp³-hybridized carbons (Fsp3) is 0.909. The van der Waals surface area contributed by atoms with E-state index in [1.807, 2.05) is 0 Å². The summed E-state index contributed by atoms with van der Waals surface area (Å²) in [5, 5.41) is 0. The molecule has 0 radical (unpaired) electrons. The molecule has 1 aliphatic carbocycles. The van der Waals surface area contributed by atoms with Crippen LogP contribution in [-0.4, -0.2) is 28.7 Å². The van der Waals surface area contributed by atoms with E-state index in [1.165, 1.54) is 25.7 Å². The molecule has 0 bridgehead atoms. The Bertz CT molecular complexity index is 237. The van der Waals surface area contributed by atoms with Gasteiger partial charge < -0.3 is 4.90 Å². The van der Waals surface area contributed by atoms with Gasteiger partial charge in [-0.1, -0.05) is 29.3 Å². The highest BCUT2D eigenvalue weighted by atomic mass is 79.9. The summed E-state index contributed by atoms with van der Waals surface area (Å²) in [5.41, 5.74) is 0.515. The van der Waals surface area contributed by atoms with Crippen molar-refractivity contribution < 1.29 is 4.79 Å². The number of nitrogens with zero attached hydrogens (tertiary/aromatic N) is 1. The number of amides is 1. The fourth-order valence-electron chi connectivity index (χ4n) is 2.46. The predicted molar refractivity (Wildman–Crippen MR) is 60.5 cm³/mol. The first-order valence-electron chi connectivity index (χ1n) is 5.60. The topological polar surface area (TPSA) is 20.3 Å². The van der Waals surface area contributed by atoms with E-state index in [0.717, 1.165) is 19.5 Å². The summed E-state index contributed by atoms with van der Waals surface area (Å²) in [6.45, 7) is 4.21. The Morgan fingerprint density at radius 3 is 2.71 bits per heavy atom. The third kappa shape index (κ3) is 1.97. The summed E-state index contributed by atoms with van der Waals surface area (Å²) in [4.78, 5) is 13.8. The van der Waals surface area contributed by atoms with Crippen molar-refractivity contribution >= 4 is 21.8 Å². The van der Waals surface area contributed by atoms with Crippen LogP contribution in [-0.2, 0) is 4.79 Å². The van der Waals surface area contributed by atoms with Crippen LogP contribution in [0.1, 0.15) is 39.0 Å². The van der Waals surface area contributed by atoms with E-state index in [1.54, 1.807) is 0 Å². The number of halogens is 1. The van der Waals surface area contributed by atoms with Crippen molar-refractivity contribution in [2.24, 2.45) is 5.41 Å². The van der Waals surface area contributed by atoms with E-state index in [0.29, 0.717) is 11.3 Å². The minimum absolute atomic E-state index is 0.0972. The molecule has 1 saturated carbocycles. The zero-order valence-corrected chi connectivity index (χ0v) is 10.3. The molecule has 2 nitrogen and oxygen atoms in total. The molecule has 0 N–H and O–H groups in total. The summed E-state index contributed by atoms with van der Waals surface area (Å²) in [5.74, 6) is 0.312. The average Bonchev–Trinajstić information content (AvgIpc) is 2.85. The molecule has 0 aromatic carbocycles. The van der Waals surface area contributed by atoms with Crippen molar-refractivity contribution in [3.63, 3.8) is 0 Å². The molecule has 80 valence electrons. The van der Waals surface area contributed by atoms with Gasteiger partial charge in [0.2, 0.25) is 5.91 Å². The lowest BCUT2D eigenvalue weighted by Crippen LogP contribution is -2.33. The standard InChI is InChI=1S/C11H18BrNO/c1-2-4-11(5-6-11)8-13-7-3-9(12)10(13)14/h9H,2-8H2,1H3. The van der Waals surface area contributed by atoms with Crippen molar-refractivity contribution in [2.75, 3.05) is 13.1 Å². The van der Waals surface area contributed by atoms with Gasteiger partial charge in [0.25, 0.3) is 0 Å². The Hall–Kier alpha value is -0.0500. The molecule has 2 fully saturated rings. The minimum Gasteiger partial charge on any atom is -0.341 e. The van der Waals surface area contributed by atoms with Gasteiger partial charge in [-0.05, 0) is 31.1 Å². The summed E-state index contributed by atoms with van der Waals surface area (Å²) < 4.78 is 0. The molecular formula is C11H18BrNO. The first-order chi connectivity index (χ1) is 6.67. The number of likely N-dealkylation sites (tertiary alicyclic amines) is 1. The van der Waals surface area contributed by atoms with Gasteiger partial charge in [0, 0.05) is 13.1 Å². The van der Waals surface area contributed by atoms with Gasteiger partial charge in [0.15, 0.2) is 0 Å². The fourth-order valence-corrected chi connectivity index (χ4v) is 2.95. The first kappa shape index (κ1) is 10.5. The van der Waals surface area contributed by atoms with Gasteiger partial charge in [-0.2, -0.15) is 0 Å². The molecular weight excluding hydrogens is 242 g/mol. The average molecular weight is 260 g/mol. The van der Waals surface area contributed by atoms with Crippen LogP contribution in [0.4, 0.5) is 0 Å². The third-order valence-electron chi connectivity index (χ3n) is 3.50. The monoisotopic (exact) mass is 259 g/mol. The number of carbonyl (C=O) groups excluding carboxylic acids is 1. The lowest BCUT2D eigenvalue weighted by Gasteiger charge is -2.23. The van der Waals surface area contributed by atoms with E-state index in [2.05, 4.69) is 27.8 Å². The van der Waals surface area contributed by atoms with E-state index in [9.17, 15) is 4.79 Å². The molecule has 1 amide bonds. The molecule has 0 spiro atoms. The van der Waals surface area contributed by atoms with Gasteiger partial charge in [-0.15, -0.1) is 0 Å². The Labute approximate surface area is 94.2 Å². The second-order valence-electron chi connectivity index (χ2n) is 4.77. The smallest absolute Gasteiger partial charge is 0.236 e. The van der Waals surface area contributed by atoms with Crippen LogP contribution in [0.15, 0.2) is 0 Å². The van der Waals surface area contributed by atoms with Crippen molar-refractivity contribution in [3.05, 3.63) is 0 Å². The number of hydrogen-bond acceptors (Lipinski definition) is 1. The van der Waals surface area contributed by atoms with Crippen molar-refractivity contribution in [1.82, 2.24) is 4.90 Å². The lowest BCUT2D eigenvalue weighted by atomic mass is 10.0. The molecule has 14 heavy (non-hydrogen) atoms. The highest BCUT2D eigenvalue weighted by Gasteiger charge is 2.45. The quantitative estimate of drug-likeness (QED) is 0.711. The van der Waals surface area contributed by atoms with E-state index in [4.69, 9.17) is 0 Å².